The van der Waals surface area contributed by atoms with Crippen molar-refractivity contribution >= 4 is 5.57 Å². The average Bonchev–Trinajstić information content (AvgIpc) is 2.97. The second-order valence-electron chi connectivity index (χ2n) is 10.1. The number of halogens is 5. The topological polar surface area (TPSA) is 27.7 Å². The van der Waals surface area contributed by atoms with E-state index in [1.165, 1.54) is 24.3 Å². The molecular formula is C33H35F5O3. The lowest BCUT2D eigenvalue weighted by atomic mass is 9.82. The van der Waals surface area contributed by atoms with Gasteiger partial charge in [0.1, 0.15) is 18.2 Å². The molecule has 0 saturated carbocycles. The zero-order valence-electron chi connectivity index (χ0n) is 23.4. The van der Waals surface area contributed by atoms with E-state index in [1.54, 1.807) is 25.1 Å². The van der Waals surface area contributed by atoms with Crippen LogP contribution in [0.2, 0.25) is 0 Å². The third kappa shape index (κ3) is 7.40. The molecule has 0 aromatic heterocycles. The fourth-order valence-electron chi connectivity index (χ4n) is 5.00. The molecule has 0 N–H and O–H groups in total. The van der Waals surface area contributed by atoms with Crippen LogP contribution in [0.3, 0.4) is 0 Å². The normalized spacial score (nSPS) is 15.0. The quantitative estimate of drug-likeness (QED) is 0.150. The number of ether oxygens (including phenoxy) is 3. The van der Waals surface area contributed by atoms with Crippen molar-refractivity contribution in [2.75, 3.05) is 13.2 Å². The van der Waals surface area contributed by atoms with E-state index < -0.39 is 29.1 Å². The second-order valence-corrected chi connectivity index (χ2v) is 10.1. The molecule has 0 heterocycles. The zero-order chi connectivity index (χ0) is 29.4. The van der Waals surface area contributed by atoms with Crippen molar-refractivity contribution in [1.29, 1.82) is 0 Å². The Morgan fingerprint density at radius 3 is 2.22 bits per heavy atom. The average molecular weight is 575 g/mol. The maximum absolute atomic E-state index is 15.0. The summed E-state index contributed by atoms with van der Waals surface area (Å²) in [4.78, 5) is 0. The minimum absolute atomic E-state index is 0.00990. The first-order valence-corrected chi connectivity index (χ1v) is 14.2. The predicted octanol–water partition coefficient (Wildman–Crippen LogP) is 9.67. The first kappa shape index (κ1) is 30.4. The van der Waals surface area contributed by atoms with E-state index in [2.05, 4.69) is 6.92 Å². The van der Waals surface area contributed by atoms with Gasteiger partial charge in [0, 0.05) is 17.2 Å². The minimum Gasteiger partial charge on any atom is -0.491 e. The van der Waals surface area contributed by atoms with Crippen molar-refractivity contribution in [3.05, 3.63) is 94.3 Å². The van der Waals surface area contributed by atoms with Gasteiger partial charge in [0.15, 0.2) is 23.1 Å². The molecule has 0 aliphatic heterocycles. The van der Waals surface area contributed by atoms with Gasteiger partial charge in [-0.1, -0.05) is 38.3 Å². The summed E-state index contributed by atoms with van der Waals surface area (Å²) in [5, 5.41) is 0. The van der Waals surface area contributed by atoms with Crippen molar-refractivity contribution in [1.82, 2.24) is 0 Å². The molecule has 0 spiro atoms. The van der Waals surface area contributed by atoms with E-state index in [0.717, 1.165) is 31.3 Å². The molecule has 0 fully saturated rings. The highest BCUT2D eigenvalue weighted by Crippen LogP contribution is 2.39. The smallest absolute Gasteiger partial charge is 0.201 e. The summed E-state index contributed by atoms with van der Waals surface area (Å²) in [7, 11) is 0. The summed E-state index contributed by atoms with van der Waals surface area (Å²) in [6.45, 7) is 4.04. The highest BCUT2D eigenvalue weighted by Gasteiger charge is 2.24. The van der Waals surface area contributed by atoms with Crippen LogP contribution in [0, 0.1) is 29.1 Å². The lowest BCUT2D eigenvalue weighted by Crippen LogP contribution is -2.09. The molecule has 3 nitrogen and oxygen atoms in total. The lowest BCUT2D eigenvalue weighted by Gasteiger charge is -2.24. The largest absolute Gasteiger partial charge is 0.491 e. The van der Waals surface area contributed by atoms with E-state index in [9.17, 15) is 17.6 Å². The van der Waals surface area contributed by atoms with Gasteiger partial charge in [-0.2, -0.15) is 8.78 Å². The third-order valence-corrected chi connectivity index (χ3v) is 7.29. The Balaban J connectivity index is 1.36. The second kappa shape index (κ2) is 14.4. The van der Waals surface area contributed by atoms with Crippen molar-refractivity contribution in [3.8, 4) is 17.2 Å². The highest BCUT2D eigenvalue weighted by atomic mass is 19.2. The first-order valence-electron chi connectivity index (χ1n) is 14.2. The van der Waals surface area contributed by atoms with Crippen molar-refractivity contribution in [3.63, 3.8) is 0 Å². The van der Waals surface area contributed by atoms with E-state index in [4.69, 9.17) is 14.2 Å². The highest BCUT2D eigenvalue weighted by molar-refractivity contribution is 5.67. The van der Waals surface area contributed by atoms with Gasteiger partial charge in [0.25, 0.3) is 0 Å². The van der Waals surface area contributed by atoms with Crippen molar-refractivity contribution in [2.45, 2.75) is 71.3 Å². The van der Waals surface area contributed by atoms with E-state index >= 15 is 4.39 Å². The van der Waals surface area contributed by atoms with Gasteiger partial charge in [-0.05, 0) is 80.0 Å². The summed E-state index contributed by atoms with van der Waals surface area (Å²) in [5.41, 5.74) is 1.41. The van der Waals surface area contributed by atoms with Gasteiger partial charge in [0.05, 0.1) is 13.2 Å². The molecule has 0 radical (unpaired) electrons. The third-order valence-electron chi connectivity index (χ3n) is 7.29. The Morgan fingerprint density at radius 1 is 0.756 bits per heavy atom. The van der Waals surface area contributed by atoms with Gasteiger partial charge in [-0.25, -0.2) is 13.2 Å². The Kier molecular flexibility index (Phi) is 10.7. The van der Waals surface area contributed by atoms with E-state index in [1.807, 2.05) is 6.08 Å². The van der Waals surface area contributed by atoms with Gasteiger partial charge >= 0.3 is 0 Å². The Bertz CT molecular complexity index is 1370. The Labute approximate surface area is 237 Å². The van der Waals surface area contributed by atoms with E-state index in [-0.39, 0.29) is 47.5 Å². The molecule has 4 rings (SSSR count). The SMILES string of the molecule is CCCCCCOc1ccc(COc2ccc(C3=CCC(c4ccc(OCC)c(F)c4F)CC3)c(F)c2)c(F)c1F. The minimum atomic E-state index is -1.07. The summed E-state index contributed by atoms with van der Waals surface area (Å²) >= 11 is 0. The van der Waals surface area contributed by atoms with Crippen LogP contribution in [0.4, 0.5) is 22.0 Å². The van der Waals surface area contributed by atoms with Crippen molar-refractivity contribution in [2.24, 2.45) is 0 Å². The summed E-state index contributed by atoms with van der Waals surface area (Å²) < 4.78 is 89.0. The molecule has 220 valence electrons. The summed E-state index contributed by atoms with van der Waals surface area (Å²) in [6.07, 6.45) is 7.13. The van der Waals surface area contributed by atoms with Gasteiger partial charge in [-0.3, -0.25) is 0 Å². The number of hydrogen-bond donors (Lipinski definition) is 0. The molecular weight excluding hydrogens is 539 g/mol. The Hall–Kier alpha value is -3.55. The molecule has 0 bridgehead atoms. The van der Waals surface area contributed by atoms with Gasteiger partial charge in [-0.15, -0.1) is 0 Å². The molecule has 1 aliphatic rings. The fraction of sp³-hybridized carbons (Fsp3) is 0.394. The summed E-state index contributed by atoms with van der Waals surface area (Å²) in [6, 6.07) is 10.1. The maximum Gasteiger partial charge on any atom is 0.201 e. The molecule has 1 aliphatic carbocycles. The Morgan fingerprint density at radius 2 is 1.51 bits per heavy atom. The van der Waals surface area contributed by atoms with Crippen molar-refractivity contribution < 1.29 is 36.2 Å². The fourth-order valence-corrected chi connectivity index (χ4v) is 5.00. The van der Waals surface area contributed by atoms with Gasteiger partial charge in [0.2, 0.25) is 11.6 Å². The number of allylic oxidation sites excluding steroid dienone is 2. The zero-order valence-corrected chi connectivity index (χ0v) is 23.4. The molecule has 1 atom stereocenters. The lowest BCUT2D eigenvalue weighted by molar-refractivity contribution is 0.276. The molecule has 8 heteroatoms. The maximum atomic E-state index is 15.0. The summed E-state index contributed by atoms with van der Waals surface area (Å²) in [5.74, 6) is -4.88. The van der Waals surface area contributed by atoms with Crippen LogP contribution < -0.4 is 14.2 Å². The number of rotatable bonds is 13. The van der Waals surface area contributed by atoms with E-state index in [0.29, 0.717) is 31.4 Å². The van der Waals surface area contributed by atoms with Crippen LogP contribution in [0.15, 0.2) is 48.5 Å². The standard InChI is InChI=1S/C33H35F5O3/c1-3-5-6-7-18-40-29-16-12-23(30(35)32(29)37)20-41-24-13-14-25(27(34)19-24)21-8-10-22(11-9-21)26-15-17-28(39-4-2)33(38)31(26)36/h8,12-17,19,22H,3-7,9-11,18,20H2,1-2H3. The molecule has 1 unspecified atom stereocenters. The van der Waals surface area contributed by atoms with Crippen LogP contribution >= 0.6 is 0 Å². The van der Waals surface area contributed by atoms with Crippen LogP contribution in [0.5, 0.6) is 17.2 Å². The predicted molar refractivity (Wildman–Crippen MR) is 149 cm³/mol. The first-order chi connectivity index (χ1) is 19.8. The van der Waals surface area contributed by atoms with Crippen LogP contribution in [-0.2, 0) is 6.61 Å². The number of benzene rings is 3. The molecule has 0 saturated heterocycles. The molecule has 3 aromatic rings. The number of unbranched alkanes of at least 4 members (excludes halogenated alkanes) is 3. The number of hydrogen-bond acceptors (Lipinski definition) is 3. The van der Waals surface area contributed by atoms with Crippen LogP contribution in [0.25, 0.3) is 5.57 Å². The van der Waals surface area contributed by atoms with Crippen LogP contribution in [0.1, 0.15) is 81.4 Å². The molecule has 3 aromatic carbocycles. The molecule has 0 amide bonds. The van der Waals surface area contributed by atoms with Crippen LogP contribution in [-0.4, -0.2) is 13.2 Å². The molecule has 41 heavy (non-hydrogen) atoms. The monoisotopic (exact) mass is 574 g/mol. The van der Waals surface area contributed by atoms with Gasteiger partial charge < -0.3 is 14.2 Å².